The lowest BCUT2D eigenvalue weighted by Crippen LogP contribution is -1.78. The summed E-state index contributed by atoms with van der Waals surface area (Å²) in [6.07, 6.45) is 13.9. The number of hydrogen-bond acceptors (Lipinski definition) is 1. The van der Waals surface area contributed by atoms with Crippen LogP contribution in [-0.4, -0.2) is 10.2 Å². The van der Waals surface area contributed by atoms with E-state index >= 15 is 0 Å². The maximum Gasteiger partial charge on any atom is 0.0655 e. The molecule has 2 nitrogen and oxygen atoms in total. The van der Waals surface area contributed by atoms with Gasteiger partial charge >= 0.3 is 0 Å². The zero-order valence-corrected chi connectivity index (χ0v) is 9.99. The largest absolute Gasteiger partial charge is 0.282 e. The van der Waals surface area contributed by atoms with Crippen molar-refractivity contribution in [2.45, 2.75) is 13.8 Å². The van der Waals surface area contributed by atoms with Gasteiger partial charge in [-0.1, -0.05) is 41.7 Å². The van der Waals surface area contributed by atoms with Crippen molar-refractivity contribution in [1.29, 1.82) is 0 Å². The average Bonchev–Trinajstić information content (AvgIpc) is 2.68. The Morgan fingerprint density at radius 1 is 1.06 bits per heavy atom. The maximum absolute atomic E-state index is 3.94. The number of nitrogens with one attached hydrogen (secondary N) is 1. The first-order valence-electron chi connectivity index (χ1n) is 5.51. The summed E-state index contributed by atoms with van der Waals surface area (Å²) in [5.41, 5.74) is 4.16. The van der Waals surface area contributed by atoms with E-state index in [0.29, 0.717) is 0 Å². The van der Waals surface area contributed by atoms with E-state index in [2.05, 4.69) is 41.1 Å². The van der Waals surface area contributed by atoms with Crippen LogP contribution >= 0.6 is 0 Å². The van der Waals surface area contributed by atoms with Crippen molar-refractivity contribution >= 4 is 0 Å². The summed E-state index contributed by atoms with van der Waals surface area (Å²) in [4.78, 5) is 0. The van der Waals surface area contributed by atoms with Gasteiger partial charge in [-0.05, 0) is 26.0 Å². The van der Waals surface area contributed by atoms with Gasteiger partial charge in [0.25, 0.3) is 0 Å². The molecule has 0 aliphatic heterocycles. The van der Waals surface area contributed by atoms with E-state index in [1.807, 2.05) is 31.2 Å². The van der Waals surface area contributed by atoms with Crippen LogP contribution in [0.3, 0.4) is 0 Å². The minimum atomic E-state index is 0.942. The van der Waals surface area contributed by atoms with Gasteiger partial charge in [-0.25, -0.2) is 0 Å². The molecule has 0 bridgehead atoms. The standard InChI is InChI=1S/C15H14N2/c1-12-5-3-7-14(8-4-6-12)9-10-15-11-16-17-13(15)2/h3-8,11H,1-2H3,(H,16,17). The summed E-state index contributed by atoms with van der Waals surface area (Å²) in [6.45, 7) is 4.03. The van der Waals surface area contributed by atoms with Gasteiger partial charge in [-0.15, -0.1) is 0 Å². The lowest BCUT2D eigenvalue weighted by Gasteiger charge is -1.93. The Hall–Kier alpha value is -2.27. The van der Waals surface area contributed by atoms with Crippen molar-refractivity contribution in [2.24, 2.45) is 0 Å². The van der Waals surface area contributed by atoms with Crippen molar-refractivity contribution in [3.05, 3.63) is 65.1 Å². The second-order valence-electron chi connectivity index (χ2n) is 3.91. The predicted molar refractivity (Wildman–Crippen MR) is 70.3 cm³/mol. The second-order valence-corrected chi connectivity index (χ2v) is 3.91. The zero-order chi connectivity index (χ0) is 12.1. The van der Waals surface area contributed by atoms with Crippen molar-refractivity contribution < 1.29 is 0 Å². The molecular weight excluding hydrogens is 208 g/mol. The highest BCUT2D eigenvalue weighted by molar-refractivity contribution is 5.48. The van der Waals surface area contributed by atoms with Gasteiger partial charge in [0.2, 0.25) is 0 Å². The van der Waals surface area contributed by atoms with Crippen LogP contribution < -0.4 is 0 Å². The zero-order valence-electron chi connectivity index (χ0n) is 9.99. The average molecular weight is 222 g/mol. The summed E-state index contributed by atoms with van der Waals surface area (Å²) in [7, 11) is 0. The molecule has 1 aliphatic carbocycles. The van der Waals surface area contributed by atoms with Gasteiger partial charge in [0, 0.05) is 11.3 Å². The number of hydrogen-bond donors (Lipinski definition) is 1. The molecule has 0 aromatic carbocycles. The van der Waals surface area contributed by atoms with Crippen LogP contribution in [0.4, 0.5) is 0 Å². The smallest absolute Gasteiger partial charge is 0.0655 e. The Morgan fingerprint density at radius 2 is 1.88 bits per heavy atom. The molecule has 1 aromatic heterocycles. The molecule has 2 rings (SSSR count). The third-order valence-corrected chi connectivity index (χ3v) is 2.44. The second kappa shape index (κ2) is 5.18. The predicted octanol–water partition coefficient (Wildman–Crippen LogP) is 3.07. The summed E-state index contributed by atoms with van der Waals surface area (Å²) in [6, 6.07) is 0. The Bertz CT molecular complexity index is 584. The van der Waals surface area contributed by atoms with E-state index < -0.39 is 0 Å². The van der Waals surface area contributed by atoms with E-state index in [1.165, 1.54) is 5.57 Å². The van der Waals surface area contributed by atoms with Crippen LogP contribution in [0.25, 0.3) is 0 Å². The molecule has 1 N–H and O–H groups in total. The van der Waals surface area contributed by atoms with Crippen molar-refractivity contribution in [1.82, 2.24) is 10.2 Å². The maximum atomic E-state index is 3.94. The quantitative estimate of drug-likeness (QED) is 0.671. The molecule has 0 spiro atoms. The molecule has 84 valence electrons. The van der Waals surface area contributed by atoms with Crippen molar-refractivity contribution in [2.75, 3.05) is 0 Å². The summed E-state index contributed by atoms with van der Waals surface area (Å²) in [5.74, 6) is 6.24. The third kappa shape index (κ3) is 3.09. The van der Waals surface area contributed by atoms with E-state index in [9.17, 15) is 0 Å². The van der Waals surface area contributed by atoms with Crippen molar-refractivity contribution in [3.8, 4) is 11.8 Å². The van der Waals surface area contributed by atoms with Gasteiger partial charge in [-0.3, -0.25) is 5.10 Å². The van der Waals surface area contributed by atoms with Gasteiger partial charge in [-0.2, -0.15) is 5.10 Å². The number of H-pyrrole nitrogens is 1. The molecule has 1 aliphatic rings. The number of nitrogens with zero attached hydrogens (tertiary/aromatic N) is 1. The lowest BCUT2D eigenvalue weighted by molar-refractivity contribution is 1.05. The van der Waals surface area contributed by atoms with E-state index in [-0.39, 0.29) is 0 Å². The highest BCUT2D eigenvalue weighted by Gasteiger charge is 1.94. The minimum Gasteiger partial charge on any atom is -0.282 e. The number of aromatic amines is 1. The fraction of sp³-hybridized carbons (Fsp3) is 0.133. The van der Waals surface area contributed by atoms with Crippen LogP contribution in [0.1, 0.15) is 18.2 Å². The molecule has 17 heavy (non-hydrogen) atoms. The molecule has 0 amide bonds. The fourth-order valence-corrected chi connectivity index (χ4v) is 1.42. The summed E-state index contributed by atoms with van der Waals surface area (Å²) < 4.78 is 0. The molecule has 1 aromatic rings. The molecule has 0 saturated heterocycles. The fourth-order valence-electron chi connectivity index (χ4n) is 1.42. The van der Waals surface area contributed by atoms with Gasteiger partial charge in [0.05, 0.1) is 11.8 Å². The first-order valence-corrected chi connectivity index (χ1v) is 5.51. The Morgan fingerprint density at radius 3 is 2.65 bits per heavy atom. The van der Waals surface area contributed by atoms with Gasteiger partial charge < -0.3 is 0 Å². The Kier molecular flexibility index (Phi) is 3.42. The van der Waals surface area contributed by atoms with Crippen LogP contribution in [0.5, 0.6) is 0 Å². The summed E-state index contributed by atoms with van der Waals surface area (Å²) >= 11 is 0. The van der Waals surface area contributed by atoms with Crippen LogP contribution in [0.2, 0.25) is 0 Å². The summed E-state index contributed by atoms with van der Waals surface area (Å²) in [5, 5.41) is 6.81. The Balaban J connectivity index is 2.21. The van der Waals surface area contributed by atoms with E-state index in [0.717, 1.165) is 16.8 Å². The van der Waals surface area contributed by atoms with Gasteiger partial charge in [0.1, 0.15) is 0 Å². The minimum absolute atomic E-state index is 0.942. The van der Waals surface area contributed by atoms with E-state index in [4.69, 9.17) is 0 Å². The number of aryl methyl sites for hydroxylation is 1. The third-order valence-electron chi connectivity index (χ3n) is 2.44. The first kappa shape index (κ1) is 11.2. The number of rotatable bonds is 0. The molecule has 0 fully saturated rings. The highest BCUT2D eigenvalue weighted by Crippen LogP contribution is 2.06. The SMILES string of the molecule is CC1=CC=CC(C#Cc2cn[nH]c2C)=CC=C1. The van der Waals surface area contributed by atoms with Crippen LogP contribution in [0, 0.1) is 18.8 Å². The first-order chi connectivity index (χ1) is 8.25. The molecule has 0 saturated carbocycles. The van der Waals surface area contributed by atoms with E-state index in [1.54, 1.807) is 6.20 Å². The topological polar surface area (TPSA) is 28.7 Å². The number of allylic oxidation sites excluding steroid dienone is 8. The molecule has 1 heterocycles. The lowest BCUT2D eigenvalue weighted by atomic mass is 10.1. The van der Waals surface area contributed by atoms with Crippen LogP contribution in [-0.2, 0) is 0 Å². The van der Waals surface area contributed by atoms with Crippen LogP contribution in [0.15, 0.2) is 53.8 Å². The number of aromatic nitrogens is 2. The monoisotopic (exact) mass is 222 g/mol. The highest BCUT2D eigenvalue weighted by atomic mass is 15.1. The molecule has 2 heteroatoms. The molecule has 0 unspecified atom stereocenters. The van der Waals surface area contributed by atoms with Gasteiger partial charge in [0.15, 0.2) is 0 Å². The molecular formula is C15H14N2. The normalized spacial score (nSPS) is 14.2. The van der Waals surface area contributed by atoms with Crippen molar-refractivity contribution in [3.63, 3.8) is 0 Å². The molecule has 0 atom stereocenters. The molecule has 0 radical (unpaired) electrons. The Labute approximate surface area is 101 Å².